The van der Waals surface area contributed by atoms with Crippen LogP contribution in [0.4, 0.5) is 5.69 Å². The van der Waals surface area contributed by atoms with Crippen LogP contribution >= 0.6 is 0 Å². The summed E-state index contributed by atoms with van der Waals surface area (Å²) in [7, 11) is 0. The number of nitrogens with zero attached hydrogens (tertiary/aromatic N) is 1. The Kier molecular flexibility index (Phi) is 6.50. The molecule has 5 nitrogen and oxygen atoms in total. The molecular weight excluding hydrogens is 364 g/mol. The molecule has 5 heteroatoms. The average molecular weight is 390 g/mol. The van der Waals surface area contributed by atoms with E-state index < -0.39 is 6.10 Å². The van der Waals surface area contributed by atoms with Gasteiger partial charge in [0.25, 0.3) is 11.8 Å². The highest BCUT2D eigenvalue weighted by molar-refractivity contribution is 6.04. The molecule has 1 unspecified atom stereocenters. The summed E-state index contributed by atoms with van der Waals surface area (Å²) in [5.74, 6) is 0.214. The SMILES string of the molecule is CCN(CC)C(=O)c1ccccc1NC(=O)C(C)Oc1ccc2ccccc2c1. The number of carbonyl (C=O) groups is 2. The second-order valence-corrected chi connectivity index (χ2v) is 6.78. The molecule has 0 saturated heterocycles. The minimum Gasteiger partial charge on any atom is -0.481 e. The number of para-hydroxylation sites is 1. The van der Waals surface area contributed by atoms with Crippen LogP contribution in [-0.4, -0.2) is 35.9 Å². The maximum Gasteiger partial charge on any atom is 0.265 e. The Labute approximate surface area is 171 Å². The van der Waals surface area contributed by atoms with Gasteiger partial charge in [0.2, 0.25) is 0 Å². The normalized spacial score (nSPS) is 11.7. The third kappa shape index (κ3) is 4.74. The van der Waals surface area contributed by atoms with Crippen molar-refractivity contribution in [2.45, 2.75) is 26.9 Å². The molecule has 0 saturated carbocycles. The van der Waals surface area contributed by atoms with Crippen LogP contribution < -0.4 is 10.1 Å². The van der Waals surface area contributed by atoms with Crippen molar-refractivity contribution in [2.24, 2.45) is 0 Å². The molecule has 3 aromatic rings. The zero-order valence-corrected chi connectivity index (χ0v) is 17.0. The highest BCUT2D eigenvalue weighted by Gasteiger charge is 2.20. The number of anilines is 1. The second-order valence-electron chi connectivity index (χ2n) is 6.78. The standard InChI is InChI=1S/C24H26N2O3/c1-4-26(5-2)24(28)21-12-8-9-13-22(21)25-23(27)17(3)29-20-15-14-18-10-6-7-11-19(18)16-20/h6-17H,4-5H2,1-3H3,(H,25,27). The number of benzene rings is 3. The Balaban J connectivity index is 1.73. The lowest BCUT2D eigenvalue weighted by Crippen LogP contribution is -2.33. The van der Waals surface area contributed by atoms with Crippen molar-refractivity contribution >= 4 is 28.3 Å². The molecule has 0 spiro atoms. The monoisotopic (exact) mass is 390 g/mol. The number of nitrogens with one attached hydrogen (secondary N) is 1. The molecule has 0 fully saturated rings. The summed E-state index contributed by atoms with van der Waals surface area (Å²) in [6, 6.07) is 20.8. The van der Waals surface area contributed by atoms with Gasteiger partial charge in [-0.3, -0.25) is 9.59 Å². The van der Waals surface area contributed by atoms with Gasteiger partial charge >= 0.3 is 0 Å². The fraction of sp³-hybridized carbons (Fsp3) is 0.250. The fourth-order valence-electron chi connectivity index (χ4n) is 3.19. The van der Waals surface area contributed by atoms with Crippen LogP contribution in [0.1, 0.15) is 31.1 Å². The van der Waals surface area contributed by atoms with E-state index in [1.165, 1.54) is 0 Å². The van der Waals surface area contributed by atoms with Crippen LogP contribution in [0.3, 0.4) is 0 Å². The first kappa shape index (κ1) is 20.4. The minimum absolute atomic E-state index is 0.103. The van der Waals surface area contributed by atoms with Crippen molar-refractivity contribution in [3.8, 4) is 5.75 Å². The van der Waals surface area contributed by atoms with Crippen LogP contribution in [-0.2, 0) is 4.79 Å². The van der Waals surface area contributed by atoms with Crippen LogP contribution in [0.25, 0.3) is 10.8 Å². The van der Waals surface area contributed by atoms with Gasteiger partial charge in [-0.25, -0.2) is 0 Å². The van der Waals surface area contributed by atoms with Gasteiger partial charge in [-0.05, 0) is 55.8 Å². The van der Waals surface area contributed by atoms with E-state index in [4.69, 9.17) is 4.74 Å². The Hall–Kier alpha value is -3.34. The Bertz CT molecular complexity index is 1010. The first-order chi connectivity index (χ1) is 14.0. The Morgan fingerprint density at radius 1 is 0.931 bits per heavy atom. The van der Waals surface area contributed by atoms with E-state index >= 15 is 0 Å². The topological polar surface area (TPSA) is 58.6 Å². The summed E-state index contributed by atoms with van der Waals surface area (Å²) >= 11 is 0. The second kappa shape index (κ2) is 9.24. The fourth-order valence-corrected chi connectivity index (χ4v) is 3.19. The van der Waals surface area contributed by atoms with E-state index in [2.05, 4.69) is 5.32 Å². The largest absolute Gasteiger partial charge is 0.481 e. The highest BCUT2D eigenvalue weighted by Crippen LogP contribution is 2.22. The van der Waals surface area contributed by atoms with Gasteiger partial charge in [0, 0.05) is 13.1 Å². The van der Waals surface area contributed by atoms with Gasteiger partial charge < -0.3 is 15.0 Å². The maximum atomic E-state index is 12.7. The van der Waals surface area contributed by atoms with Crippen LogP contribution in [0.2, 0.25) is 0 Å². The van der Waals surface area contributed by atoms with Crippen molar-refractivity contribution in [3.05, 3.63) is 72.3 Å². The zero-order chi connectivity index (χ0) is 20.8. The molecule has 0 radical (unpaired) electrons. The molecule has 150 valence electrons. The van der Waals surface area contributed by atoms with Gasteiger partial charge in [0.1, 0.15) is 5.75 Å². The number of carbonyl (C=O) groups excluding carboxylic acids is 2. The van der Waals surface area contributed by atoms with Gasteiger partial charge in [-0.2, -0.15) is 0 Å². The summed E-state index contributed by atoms with van der Waals surface area (Å²) in [5.41, 5.74) is 0.964. The van der Waals surface area contributed by atoms with E-state index in [1.54, 1.807) is 36.1 Å². The van der Waals surface area contributed by atoms with E-state index in [0.717, 1.165) is 10.8 Å². The summed E-state index contributed by atoms with van der Waals surface area (Å²) in [4.78, 5) is 27.2. The van der Waals surface area contributed by atoms with Crippen molar-refractivity contribution in [2.75, 3.05) is 18.4 Å². The van der Waals surface area contributed by atoms with E-state index in [1.807, 2.05) is 56.3 Å². The predicted octanol–water partition coefficient (Wildman–Crippen LogP) is 4.73. The van der Waals surface area contributed by atoms with Gasteiger partial charge in [-0.1, -0.05) is 42.5 Å². The Morgan fingerprint density at radius 2 is 1.59 bits per heavy atom. The number of fused-ring (bicyclic) bond motifs is 1. The molecule has 0 aromatic heterocycles. The van der Waals surface area contributed by atoms with E-state index in [9.17, 15) is 9.59 Å². The smallest absolute Gasteiger partial charge is 0.265 e. The van der Waals surface area contributed by atoms with Crippen LogP contribution in [0, 0.1) is 0 Å². The molecule has 3 rings (SSSR count). The molecule has 1 atom stereocenters. The van der Waals surface area contributed by atoms with Crippen molar-refractivity contribution in [1.82, 2.24) is 4.90 Å². The lowest BCUT2D eigenvalue weighted by molar-refractivity contribution is -0.122. The van der Waals surface area contributed by atoms with Gasteiger partial charge in [0.15, 0.2) is 6.10 Å². The Morgan fingerprint density at radius 3 is 2.31 bits per heavy atom. The average Bonchev–Trinajstić information content (AvgIpc) is 2.74. The quantitative estimate of drug-likeness (QED) is 0.635. The van der Waals surface area contributed by atoms with E-state index in [0.29, 0.717) is 30.1 Å². The maximum absolute atomic E-state index is 12.7. The van der Waals surface area contributed by atoms with E-state index in [-0.39, 0.29) is 11.8 Å². The first-order valence-corrected chi connectivity index (χ1v) is 9.88. The van der Waals surface area contributed by atoms with Gasteiger partial charge in [-0.15, -0.1) is 0 Å². The molecule has 3 aromatic carbocycles. The third-order valence-corrected chi connectivity index (χ3v) is 4.87. The third-order valence-electron chi connectivity index (χ3n) is 4.87. The summed E-state index contributed by atoms with van der Waals surface area (Å²) in [6.07, 6.45) is -0.715. The summed E-state index contributed by atoms with van der Waals surface area (Å²) in [6.45, 7) is 6.78. The molecule has 1 N–H and O–H groups in total. The van der Waals surface area contributed by atoms with Crippen molar-refractivity contribution < 1.29 is 14.3 Å². The molecule has 29 heavy (non-hydrogen) atoms. The van der Waals surface area contributed by atoms with Crippen LogP contribution in [0.15, 0.2) is 66.7 Å². The number of hydrogen-bond acceptors (Lipinski definition) is 3. The number of amides is 2. The molecule has 2 amide bonds. The molecule has 0 aliphatic heterocycles. The zero-order valence-electron chi connectivity index (χ0n) is 17.0. The molecular formula is C24H26N2O3. The summed E-state index contributed by atoms with van der Waals surface area (Å²) < 4.78 is 5.84. The number of hydrogen-bond donors (Lipinski definition) is 1. The molecule has 0 aliphatic carbocycles. The highest BCUT2D eigenvalue weighted by atomic mass is 16.5. The van der Waals surface area contributed by atoms with Crippen LogP contribution in [0.5, 0.6) is 5.75 Å². The van der Waals surface area contributed by atoms with Gasteiger partial charge in [0.05, 0.1) is 11.3 Å². The minimum atomic E-state index is -0.715. The molecule has 0 bridgehead atoms. The summed E-state index contributed by atoms with van der Waals surface area (Å²) in [5, 5.41) is 5.00. The molecule has 0 heterocycles. The molecule has 0 aliphatic rings. The number of ether oxygens (including phenoxy) is 1. The number of rotatable bonds is 7. The lowest BCUT2D eigenvalue weighted by atomic mass is 10.1. The van der Waals surface area contributed by atoms with Crippen molar-refractivity contribution in [3.63, 3.8) is 0 Å². The predicted molar refractivity (Wildman–Crippen MR) is 116 cm³/mol. The van der Waals surface area contributed by atoms with Crippen molar-refractivity contribution in [1.29, 1.82) is 0 Å². The first-order valence-electron chi connectivity index (χ1n) is 9.88. The lowest BCUT2D eigenvalue weighted by Gasteiger charge is -2.21.